The van der Waals surface area contributed by atoms with Crippen molar-refractivity contribution < 1.29 is 14.4 Å². The summed E-state index contributed by atoms with van der Waals surface area (Å²) in [6, 6.07) is 6.04. The van der Waals surface area contributed by atoms with Crippen molar-refractivity contribution in [1.82, 2.24) is 10.1 Å². The number of amides is 1. The highest BCUT2D eigenvalue weighted by atomic mass is 16.5. The van der Waals surface area contributed by atoms with Crippen molar-refractivity contribution in [2.45, 2.75) is 46.1 Å². The SMILES string of the molecule is Cc1ccc(-c2oncc2C(=O)N2CCC[C@H](C(C)(C)O)C2)c(C)c1. The summed E-state index contributed by atoms with van der Waals surface area (Å²) in [6.45, 7) is 8.92. The standard InChI is InChI=1S/C20H26N2O3/c1-13-7-8-16(14(2)10-13)18-17(11-21-25-18)19(23)22-9-5-6-15(12-22)20(3,4)24/h7-8,10-11,15,24H,5-6,9,12H2,1-4H3/t15-/m0/s1. The summed E-state index contributed by atoms with van der Waals surface area (Å²) in [7, 11) is 0. The number of aromatic nitrogens is 1. The van der Waals surface area contributed by atoms with Gasteiger partial charge in [-0.2, -0.15) is 0 Å². The van der Waals surface area contributed by atoms with Gasteiger partial charge in [0.15, 0.2) is 5.76 Å². The molecule has 5 heteroatoms. The molecule has 1 amide bonds. The Labute approximate surface area is 148 Å². The maximum absolute atomic E-state index is 13.1. The molecule has 1 aliphatic rings. The van der Waals surface area contributed by atoms with E-state index >= 15 is 0 Å². The molecule has 0 bridgehead atoms. The van der Waals surface area contributed by atoms with Crippen LogP contribution in [-0.4, -0.2) is 39.8 Å². The molecule has 0 saturated carbocycles. The van der Waals surface area contributed by atoms with Crippen LogP contribution in [0.15, 0.2) is 28.9 Å². The Bertz CT molecular complexity index is 773. The minimum Gasteiger partial charge on any atom is -0.390 e. The molecule has 3 rings (SSSR count). The van der Waals surface area contributed by atoms with Gasteiger partial charge in [-0.15, -0.1) is 0 Å². The first-order valence-corrected chi connectivity index (χ1v) is 8.81. The number of hydrogen-bond donors (Lipinski definition) is 1. The zero-order valence-corrected chi connectivity index (χ0v) is 15.4. The highest BCUT2D eigenvalue weighted by Crippen LogP contribution is 2.31. The summed E-state index contributed by atoms with van der Waals surface area (Å²) in [5, 5.41) is 14.2. The Kier molecular flexibility index (Phi) is 4.69. The maximum Gasteiger partial charge on any atom is 0.259 e. The van der Waals surface area contributed by atoms with E-state index in [1.54, 1.807) is 0 Å². The van der Waals surface area contributed by atoms with Crippen molar-refractivity contribution >= 4 is 5.91 Å². The highest BCUT2D eigenvalue weighted by molar-refractivity contribution is 5.99. The first kappa shape index (κ1) is 17.7. The van der Waals surface area contributed by atoms with Crippen molar-refractivity contribution in [2.24, 2.45) is 5.92 Å². The van der Waals surface area contributed by atoms with E-state index < -0.39 is 5.60 Å². The zero-order chi connectivity index (χ0) is 18.2. The molecule has 0 spiro atoms. The zero-order valence-electron chi connectivity index (χ0n) is 15.4. The predicted molar refractivity (Wildman–Crippen MR) is 96.3 cm³/mol. The number of carbonyl (C=O) groups excluding carboxylic acids is 1. The predicted octanol–water partition coefficient (Wildman–Crippen LogP) is 3.58. The Balaban J connectivity index is 1.88. The molecule has 1 saturated heterocycles. The summed E-state index contributed by atoms with van der Waals surface area (Å²) in [5.41, 5.74) is 2.81. The molecule has 5 nitrogen and oxygen atoms in total. The van der Waals surface area contributed by atoms with Crippen molar-refractivity contribution in [3.05, 3.63) is 41.1 Å². The second-order valence-corrected chi connectivity index (χ2v) is 7.63. The minimum absolute atomic E-state index is 0.0784. The first-order chi connectivity index (χ1) is 11.8. The van der Waals surface area contributed by atoms with Gasteiger partial charge in [-0.25, -0.2) is 0 Å². The largest absolute Gasteiger partial charge is 0.390 e. The number of piperidine rings is 1. The van der Waals surface area contributed by atoms with Gasteiger partial charge in [-0.05, 0) is 46.1 Å². The Morgan fingerprint density at radius 3 is 2.80 bits per heavy atom. The molecule has 0 unspecified atom stereocenters. The molecule has 25 heavy (non-hydrogen) atoms. The molecule has 1 aromatic heterocycles. The molecule has 1 aromatic carbocycles. The molecule has 2 aromatic rings. The number of nitrogens with zero attached hydrogens (tertiary/aromatic N) is 2. The van der Waals surface area contributed by atoms with Crippen LogP contribution in [0, 0.1) is 19.8 Å². The molecule has 1 atom stereocenters. The molecule has 134 valence electrons. The summed E-state index contributed by atoms with van der Waals surface area (Å²) in [4.78, 5) is 14.9. The van der Waals surface area contributed by atoms with Gasteiger partial charge in [0.2, 0.25) is 0 Å². The van der Waals surface area contributed by atoms with Crippen LogP contribution in [0.1, 0.15) is 48.2 Å². The van der Waals surface area contributed by atoms with Gasteiger partial charge in [-0.1, -0.05) is 28.9 Å². The summed E-state index contributed by atoms with van der Waals surface area (Å²) in [6.07, 6.45) is 3.33. The van der Waals surface area contributed by atoms with Crippen LogP contribution in [0.3, 0.4) is 0 Å². The summed E-state index contributed by atoms with van der Waals surface area (Å²) >= 11 is 0. The van der Waals surface area contributed by atoms with Crippen LogP contribution in [0.25, 0.3) is 11.3 Å². The lowest BCUT2D eigenvalue weighted by Gasteiger charge is -2.38. The minimum atomic E-state index is -0.788. The fraction of sp³-hybridized carbons (Fsp3) is 0.500. The van der Waals surface area contributed by atoms with Crippen LogP contribution in [-0.2, 0) is 0 Å². The monoisotopic (exact) mass is 342 g/mol. The maximum atomic E-state index is 13.1. The molecule has 2 heterocycles. The van der Waals surface area contributed by atoms with Crippen LogP contribution >= 0.6 is 0 Å². The third-order valence-corrected chi connectivity index (χ3v) is 5.14. The Morgan fingerprint density at radius 1 is 1.36 bits per heavy atom. The van der Waals surface area contributed by atoms with Gasteiger partial charge in [0, 0.05) is 24.6 Å². The fourth-order valence-corrected chi connectivity index (χ4v) is 3.56. The van der Waals surface area contributed by atoms with Crippen molar-refractivity contribution in [2.75, 3.05) is 13.1 Å². The molecule has 1 fully saturated rings. The van der Waals surface area contributed by atoms with Crippen LogP contribution in [0.4, 0.5) is 0 Å². The van der Waals surface area contributed by atoms with Crippen molar-refractivity contribution in [3.8, 4) is 11.3 Å². The van der Waals surface area contributed by atoms with E-state index in [0.717, 1.165) is 29.5 Å². The number of aryl methyl sites for hydroxylation is 2. The van der Waals surface area contributed by atoms with E-state index in [0.29, 0.717) is 24.4 Å². The van der Waals surface area contributed by atoms with E-state index in [4.69, 9.17) is 4.52 Å². The first-order valence-electron chi connectivity index (χ1n) is 8.81. The number of hydrogen-bond acceptors (Lipinski definition) is 4. The Morgan fingerprint density at radius 2 is 2.12 bits per heavy atom. The summed E-state index contributed by atoms with van der Waals surface area (Å²) in [5.74, 6) is 0.521. The van der Waals surface area contributed by atoms with E-state index in [-0.39, 0.29) is 11.8 Å². The third-order valence-electron chi connectivity index (χ3n) is 5.14. The van der Waals surface area contributed by atoms with Gasteiger partial charge in [0.25, 0.3) is 5.91 Å². The lowest BCUT2D eigenvalue weighted by molar-refractivity contribution is -0.0146. The van der Waals surface area contributed by atoms with Crippen molar-refractivity contribution in [3.63, 3.8) is 0 Å². The highest BCUT2D eigenvalue weighted by Gasteiger charge is 2.34. The van der Waals surface area contributed by atoms with Gasteiger partial charge in [0.1, 0.15) is 5.56 Å². The smallest absolute Gasteiger partial charge is 0.259 e. The second-order valence-electron chi connectivity index (χ2n) is 7.63. The van der Waals surface area contributed by atoms with Crippen LogP contribution in [0.2, 0.25) is 0 Å². The molecule has 0 radical (unpaired) electrons. The lowest BCUT2D eigenvalue weighted by atomic mass is 9.84. The molecule has 1 N–H and O–H groups in total. The normalized spacial score (nSPS) is 18.4. The van der Waals surface area contributed by atoms with Gasteiger partial charge in [-0.3, -0.25) is 4.79 Å². The average Bonchev–Trinajstić information content (AvgIpc) is 3.03. The summed E-state index contributed by atoms with van der Waals surface area (Å²) < 4.78 is 5.43. The number of aliphatic hydroxyl groups is 1. The van der Waals surface area contributed by atoms with Gasteiger partial charge >= 0.3 is 0 Å². The number of benzene rings is 1. The quantitative estimate of drug-likeness (QED) is 0.926. The van der Waals surface area contributed by atoms with E-state index in [2.05, 4.69) is 11.2 Å². The fourth-order valence-electron chi connectivity index (χ4n) is 3.56. The number of carbonyl (C=O) groups is 1. The topological polar surface area (TPSA) is 66.6 Å². The molecule has 0 aliphatic carbocycles. The lowest BCUT2D eigenvalue weighted by Crippen LogP contribution is -2.46. The van der Waals surface area contributed by atoms with Gasteiger partial charge in [0.05, 0.1) is 11.8 Å². The molecular formula is C20H26N2O3. The Hall–Kier alpha value is -2.14. The van der Waals surface area contributed by atoms with Crippen molar-refractivity contribution in [1.29, 1.82) is 0 Å². The van der Waals surface area contributed by atoms with Crippen LogP contribution < -0.4 is 0 Å². The molecular weight excluding hydrogens is 316 g/mol. The van der Waals surface area contributed by atoms with E-state index in [9.17, 15) is 9.90 Å². The van der Waals surface area contributed by atoms with Gasteiger partial charge < -0.3 is 14.5 Å². The number of likely N-dealkylation sites (tertiary alicyclic amines) is 1. The second kappa shape index (κ2) is 6.64. The molecule has 1 aliphatic heterocycles. The van der Waals surface area contributed by atoms with E-state index in [1.807, 2.05) is 44.7 Å². The third kappa shape index (κ3) is 3.61. The van der Waals surface area contributed by atoms with E-state index in [1.165, 1.54) is 6.20 Å². The average molecular weight is 342 g/mol. The number of rotatable bonds is 3. The van der Waals surface area contributed by atoms with Crippen LogP contribution in [0.5, 0.6) is 0 Å².